The van der Waals surface area contributed by atoms with Gasteiger partial charge in [-0.25, -0.2) is 0 Å². The third-order valence-electron chi connectivity index (χ3n) is 9.42. The first-order chi connectivity index (χ1) is 28.2. The van der Waals surface area contributed by atoms with Gasteiger partial charge >= 0.3 is 0 Å². The SMILES string of the molecule is [2H]c1c([2H])c([2H])c2c(sc3c([2H])c([2H])c([2H])c(-c4ccc(N(c5ccc(-c6ccccc6)cc5)c5c(-c6ccccc6)ccc6c5sc5ccccc56)cc4)c32)c1[2H]. The van der Waals surface area contributed by atoms with Crippen LogP contribution in [-0.4, -0.2) is 0 Å². The lowest BCUT2D eigenvalue weighted by molar-refractivity contribution is 1.30. The zero-order valence-corrected chi connectivity index (χ0v) is 28.8. The lowest BCUT2D eigenvalue weighted by atomic mass is 9.97. The second kappa shape index (κ2) is 12.4. The van der Waals surface area contributed by atoms with Crippen LogP contribution >= 0.6 is 22.7 Å². The molecular weight excluding hydrogens is 655 g/mol. The van der Waals surface area contributed by atoms with E-state index in [1.54, 1.807) is 11.3 Å². The topological polar surface area (TPSA) is 3.24 Å². The van der Waals surface area contributed by atoms with Crippen molar-refractivity contribution in [1.82, 2.24) is 0 Å². The maximum absolute atomic E-state index is 9.15. The Morgan fingerprint density at radius 2 is 1.00 bits per heavy atom. The minimum Gasteiger partial charge on any atom is -0.308 e. The Morgan fingerprint density at radius 3 is 1.76 bits per heavy atom. The highest BCUT2D eigenvalue weighted by molar-refractivity contribution is 7.26. The first kappa shape index (κ1) is 23.4. The molecule has 0 aliphatic rings. The van der Waals surface area contributed by atoms with Gasteiger partial charge in [0, 0.05) is 52.6 Å². The fourth-order valence-corrected chi connectivity index (χ4v) is 9.25. The average Bonchev–Trinajstić information content (AvgIpc) is 3.86. The summed E-state index contributed by atoms with van der Waals surface area (Å²) in [6.45, 7) is 0. The van der Waals surface area contributed by atoms with Gasteiger partial charge in [-0.3, -0.25) is 0 Å². The Balaban J connectivity index is 1.23. The van der Waals surface area contributed by atoms with Gasteiger partial charge in [-0.1, -0.05) is 145 Å². The van der Waals surface area contributed by atoms with Crippen molar-refractivity contribution in [3.8, 4) is 33.4 Å². The molecular formula is C48H31NS2. The molecule has 3 heteroatoms. The summed E-state index contributed by atoms with van der Waals surface area (Å²) < 4.78 is 64.0. The Kier molecular flexibility index (Phi) is 5.69. The van der Waals surface area contributed by atoms with Gasteiger partial charge in [0.15, 0.2) is 0 Å². The van der Waals surface area contributed by atoms with Crippen LogP contribution in [0.25, 0.3) is 73.7 Å². The smallest absolute Gasteiger partial charge is 0.0718 e. The summed E-state index contributed by atoms with van der Waals surface area (Å²) in [5.41, 5.74) is 8.18. The van der Waals surface area contributed by atoms with E-state index in [1.165, 1.54) is 10.1 Å². The third-order valence-corrected chi connectivity index (χ3v) is 11.6. The second-order valence-electron chi connectivity index (χ2n) is 12.4. The number of fused-ring (bicyclic) bond motifs is 6. The van der Waals surface area contributed by atoms with Crippen molar-refractivity contribution in [1.29, 1.82) is 0 Å². The summed E-state index contributed by atoms with van der Waals surface area (Å²) in [4.78, 5) is 2.29. The summed E-state index contributed by atoms with van der Waals surface area (Å²) in [5.74, 6) is 0. The first-order valence-electron chi connectivity index (χ1n) is 20.2. The van der Waals surface area contributed by atoms with Crippen molar-refractivity contribution < 1.29 is 9.60 Å². The number of hydrogen-bond donors (Lipinski definition) is 0. The molecule has 8 aromatic carbocycles. The van der Waals surface area contributed by atoms with E-state index >= 15 is 0 Å². The number of anilines is 3. The molecule has 0 radical (unpaired) electrons. The summed E-state index contributed by atoms with van der Waals surface area (Å²) in [7, 11) is 0. The summed E-state index contributed by atoms with van der Waals surface area (Å²) >= 11 is 2.84. The van der Waals surface area contributed by atoms with Crippen LogP contribution in [0.3, 0.4) is 0 Å². The van der Waals surface area contributed by atoms with Crippen LogP contribution in [0.1, 0.15) is 9.60 Å². The Hall–Kier alpha value is -6.00. The summed E-state index contributed by atoms with van der Waals surface area (Å²) in [6.07, 6.45) is 0. The van der Waals surface area contributed by atoms with E-state index in [1.807, 2.05) is 48.5 Å². The summed E-state index contributed by atoms with van der Waals surface area (Å²) in [5, 5.41) is 3.03. The van der Waals surface area contributed by atoms with E-state index in [0.29, 0.717) is 25.9 Å². The number of rotatable bonds is 6. The lowest BCUT2D eigenvalue weighted by Crippen LogP contribution is -2.11. The van der Waals surface area contributed by atoms with Gasteiger partial charge in [-0.05, 0) is 70.2 Å². The zero-order valence-electron chi connectivity index (χ0n) is 34.1. The van der Waals surface area contributed by atoms with Crippen LogP contribution in [0.15, 0.2) is 188 Å². The van der Waals surface area contributed by atoms with Crippen LogP contribution in [0, 0.1) is 0 Å². The quantitative estimate of drug-likeness (QED) is 0.168. The van der Waals surface area contributed by atoms with E-state index < -0.39 is 0 Å². The molecule has 0 fully saturated rings. The highest BCUT2D eigenvalue weighted by Gasteiger charge is 2.23. The van der Waals surface area contributed by atoms with Gasteiger partial charge in [0.2, 0.25) is 0 Å². The van der Waals surface area contributed by atoms with Crippen LogP contribution in [0.5, 0.6) is 0 Å². The van der Waals surface area contributed by atoms with Gasteiger partial charge in [-0.15, -0.1) is 22.7 Å². The molecule has 2 heterocycles. The highest BCUT2D eigenvalue weighted by atomic mass is 32.1. The average molecular weight is 693 g/mol. The predicted octanol–water partition coefficient (Wildman–Crippen LogP) is 14.9. The Bertz CT molecular complexity index is 3230. The van der Waals surface area contributed by atoms with Crippen molar-refractivity contribution in [2.45, 2.75) is 0 Å². The third kappa shape index (κ3) is 5.13. The Labute approximate surface area is 314 Å². The van der Waals surface area contributed by atoms with E-state index in [9.17, 15) is 0 Å². The van der Waals surface area contributed by atoms with Crippen LogP contribution in [0.2, 0.25) is 0 Å². The monoisotopic (exact) mass is 692 g/mol. The normalized spacial score (nSPS) is 13.5. The van der Waals surface area contributed by atoms with Crippen molar-refractivity contribution in [3.05, 3.63) is 188 Å². The molecule has 2 aromatic heterocycles. The predicted molar refractivity (Wildman–Crippen MR) is 223 cm³/mol. The minimum atomic E-state index is -0.370. The van der Waals surface area contributed by atoms with Crippen molar-refractivity contribution >= 4 is 80.1 Å². The van der Waals surface area contributed by atoms with E-state index in [2.05, 4.69) is 102 Å². The Morgan fingerprint density at radius 1 is 0.392 bits per heavy atom. The molecule has 0 saturated carbocycles. The molecule has 0 bridgehead atoms. The number of benzene rings is 8. The molecule has 10 rings (SSSR count). The zero-order chi connectivity index (χ0) is 39.8. The summed E-state index contributed by atoms with van der Waals surface area (Å²) in [6, 6.07) is 48.3. The fourth-order valence-electron chi connectivity index (χ4n) is 7.04. The van der Waals surface area contributed by atoms with Crippen LogP contribution in [-0.2, 0) is 0 Å². The highest BCUT2D eigenvalue weighted by Crippen LogP contribution is 2.50. The van der Waals surface area contributed by atoms with E-state index in [4.69, 9.17) is 9.60 Å². The fraction of sp³-hybridized carbons (Fsp3) is 0. The number of hydrogen-bond acceptors (Lipinski definition) is 3. The largest absolute Gasteiger partial charge is 0.308 e. The van der Waals surface area contributed by atoms with Crippen LogP contribution in [0.4, 0.5) is 17.1 Å². The molecule has 51 heavy (non-hydrogen) atoms. The van der Waals surface area contributed by atoms with Gasteiger partial charge < -0.3 is 4.90 Å². The van der Waals surface area contributed by atoms with Crippen LogP contribution < -0.4 is 4.90 Å². The molecule has 0 saturated heterocycles. The van der Waals surface area contributed by atoms with E-state index in [0.717, 1.165) is 60.7 Å². The first-order valence-corrected chi connectivity index (χ1v) is 18.3. The van der Waals surface area contributed by atoms with Gasteiger partial charge in [0.05, 0.1) is 20.0 Å². The molecule has 0 spiro atoms. The van der Waals surface area contributed by atoms with Crippen molar-refractivity contribution in [2.75, 3.05) is 4.90 Å². The molecule has 240 valence electrons. The molecule has 0 aliphatic carbocycles. The molecule has 0 amide bonds. The molecule has 0 unspecified atom stereocenters. The second-order valence-corrected chi connectivity index (χ2v) is 14.4. The minimum absolute atomic E-state index is 0.159. The molecule has 0 N–H and O–H groups in total. The van der Waals surface area contributed by atoms with E-state index in [-0.39, 0.29) is 47.7 Å². The molecule has 0 aliphatic heterocycles. The maximum Gasteiger partial charge on any atom is 0.0718 e. The van der Waals surface area contributed by atoms with Gasteiger partial charge in [0.1, 0.15) is 0 Å². The maximum atomic E-state index is 9.15. The van der Waals surface area contributed by atoms with Crippen molar-refractivity contribution in [2.24, 2.45) is 0 Å². The molecule has 0 atom stereocenters. The molecule has 1 nitrogen and oxygen atoms in total. The van der Waals surface area contributed by atoms with Crippen molar-refractivity contribution in [3.63, 3.8) is 0 Å². The molecule has 10 aromatic rings. The van der Waals surface area contributed by atoms with Gasteiger partial charge in [-0.2, -0.15) is 0 Å². The van der Waals surface area contributed by atoms with Gasteiger partial charge in [0.25, 0.3) is 0 Å². The number of nitrogens with zero attached hydrogens (tertiary/aromatic N) is 1. The lowest BCUT2D eigenvalue weighted by Gasteiger charge is -2.29. The standard InChI is InChI=1S/C48H31NS2/c1-3-12-32(13-4-1)33-22-26-36(27-23-33)49(37-28-24-35(25-29-37)38-18-11-21-45-46(38)42-17-8-10-20-44(42)50-45)47-39(34-14-5-2-6-15-34)30-31-41-40-16-7-9-19-43(40)51-48(41)47/h1-31H/i8D,10D,11D,17D,18D,20D,21D. The number of thiophene rings is 2.